The lowest BCUT2D eigenvalue weighted by atomic mass is 9.84. The number of ether oxygens (including phenoxy) is 1. The van der Waals surface area contributed by atoms with Crippen LogP contribution in [0.4, 0.5) is 0 Å². The highest BCUT2D eigenvalue weighted by Gasteiger charge is 2.45. The van der Waals surface area contributed by atoms with E-state index in [1.54, 1.807) is 0 Å². The molecule has 0 saturated carbocycles. The summed E-state index contributed by atoms with van der Waals surface area (Å²) in [5.74, 6) is 0.117. The fourth-order valence-corrected chi connectivity index (χ4v) is 2.74. The maximum absolute atomic E-state index is 12.4. The average molecular weight is 255 g/mol. The van der Waals surface area contributed by atoms with Gasteiger partial charge < -0.3 is 20.3 Å². The minimum absolute atomic E-state index is 0.117. The quantitative estimate of drug-likeness (QED) is 0.762. The van der Waals surface area contributed by atoms with Crippen LogP contribution >= 0.6 is 0 Å². The first-order valence-corrected chi connectivity index (χ1v) is 6.85. The molecule has 2 rings (SSSR count). The molecule has 0 aliphatic carbocycles. The Morgan fingerprint density at radius 3 is 2.72 bits per heavy atom. The van der Waals surface area contributed by atoms with Crippen LogP contribution in [0, 0.1) is 5.41 Å². The molecule has 2 unspecified atom stereocenters. The first-order valence-electron chi connectivity index (χ1n) is 6.85. The summed E-state index contributed by atoms with van der Waals surface area (Å²) in [5, 5.41) is 0. The number of carbonyl (C=O) groups excluding carboxylic acids is 1. The van der Waals surface area contributed by atoms with Gasteiger partial charge in [0, 0.05) is 26.2 Å². The number of nitrogens with two attached hydrogens (primary N) is 1. The van der Waals surface area contributed by atoms with Gasteiger partial charge in [-0.05, 0) is 32.9 Å². The molecular weight excluding hydrogens is 230 g/mol. The van der Waals surface area contributed by atoms with Crippen molar-refractivity contribution in [2.75, 3.05) is 46.4 Å². The molecule has 1 amide bonds. The third kappa shape index (κ3) is 2.68. The summed E-state index contributed by atoms with van der Waals surface area (Å²) in [7, 11) is 1.87. The monoisotopic (exact) mass is 255 g/mol. The van der Waals surface area contributed by atoms with Gasteiger partial charge in [0.2, 0.25) is 5.91 Å². The molecule has 2 atom stereocenters. The molecule has 104 valence electrons. The molecule has 18 heavy (non-hydrogen) atoms. The highest BCUT2D eigenvalue weighted by atomic mass is 16.5. The Kier molecular flexibility index (Phi) is 4.25. The van der Waals surface area contributed by atoms with E-state index in [0.717, 1.165) is 13.1 Å². The van der Waals surface area contributed by atoms with Gasteiger partial charge in [0.05, 0.1) is 18.6 Å². The topological polar surface area (TPSA) is 58.8 Å². The molecule has 2 aliphatic heterocycles. The van der Waals surface area contributed by atoms with Gasteiger partial charge in [-0.1, -0.05) is 0 Å². The highest BCUT2D eigenvalue weighted by molar-refractivity contribution is 5.83. The van der Waals surface area contributed by atoms with Crippen molar-refractivity contribution in [1.82, 2.24) is 9.80 Å². The smallest absolute Gasteiger partial charge is 0.232 e. The number of rotatable bonds is 4. The Morgan fingerprint density at radius 2 is 2.17 bits per heavy atom. The fraction of sp³-hybridized carbons (Fsp3) is 0.923. The second-order valence-corrected chi connectivity index (χ2v) is 5.81. The molecular formula is C13H25N3O2. The van der Waals surface area contributed by atoms with E-state index in [-0.39, 0.29) is 11.9 Å². The van der Waals surface area contributed by atoms with E-state index in [9.17, 15) is 4.79 Å². The molecule has 5 nitrogen and oxygen atoms in total. The number of nitrogens with zero attached hydrogens (tertiary/aromatic N) is 2. The molecule has 0 aromatic rings. The van der Waals surface area contributed by atoms with Crippen LogP contribution in [0.25, 0.3) is 0 Å². The first kappa shape index (κ1) is 13.8. The molecule has 2 N–H and O–H groups in total. The van der Waals surface area contributed by atoms with Gasteiger partial charge in [-0.2, -0.15) is 0 Å². The lowest BCUT2D eigenvalue weighted by Crippen LogP contribution is -2.51. The van der Waals surface area contributed by atoms with E-state index in [4.69, 9.17) is 10.5 Å². The van der Waals surface area contributed by atoms with Crippen LogP contribution in [-0.4, -0.2) is 68.2 Å². The zero-order valence-corrected chi connectivity index (χ0v) is 11.5. The normalized spacial score (nSPS) is 32.9. The molecule has 2 saturated heterocycles. The van der Waals surface area contributed by atoms with Crippen molar-refractivity contribution in [2.45, 2.75) is 25.8 Å². The molecule has 0 bridgehead atoms. The van der Waals surface area contributed by atoms with Crippen molar-refractivity contribution in [2.24, 2.45) is 11.1 Å². The molecule has 0 aromatic heterocycles. The fourth-order valence-electron chi connectivity index (χ4n) is 2.74. The predicted molar refractivity (Wildman–Crippen MR) is 70.2 cm³/mol. The number of hydrogen-bond acceptors (Lipinski definition) is 4. The van der Waals surface area contributed by atoms with Crippen molar-refractivity contribution in [3.8, 4) is 0 Å². The number of amides is 1. The molecule has 2 aliphatic rings. The van der Waals surface area contributed by atoms with Gasteiger partial charge in [0.25, 0.3) is 0 Å². The lowest BCUT2D eigenvalue weighted by Gasteiger charge is -2.31. The molecule has 0 aromatic carbocycles. The number of hydrogen-bond donors (Lipinski definition) is 1. The van der Waals surface area contributed by atoms with E-state index < -0.39 is 5.41 Å². The van der Waals surface area contributed by atoms with Crippen LogP contribution in [0.5, 0.6) is 0 Å². The van der Waals surface area contributed by atoms with E-state index in [1.165, 1.54) is 25.9 Å². The second-order valence-electron chi connectivity index (χ2n) is 5.81. The third-order valence-corrected chi connectivity index (χ3v) is 4.30. The van der Waals surface area contributed by atoms with Gasteiger partial charge in [-0.25, -0.2) is 0 Å². The first-order chi connectivity index (χ1) is 8.54. The Labute approximate surface area is 109 Å². The van der Waals surface area contributed by atoms with Crippen LogP contribution in [0.3, 0.4) is 0 Å². The highest BCUT2D eigenvalue weighted by Crippen LogP contribution is 2.29. The Hall–Kier alpha value is -0.650. The zero-order chi connectivity index (χ0) is 13.2. The number of likely N-dealkylation sites (tertiary alicyclic amines) is 1. The minimum atomic E-state index is -0.542. The SMILES string of the molecule is CN(CCN1CCCC1)C(=O)C1(C)COCC1N. The third-order valence-electron chi connectivity index (χ3n) is 4.30. The molecule has 2 fully saturated rings. The molecule has 5 heteroatoms. The van der Waals surface area contributed by atoms with Crippen molar-refractivity contribution in [1.29, 1.82) is 0 Å². The maximum Gasteiger partial charge on any atom is 0.232 e. The molecule has 0 radical (unpaired) electrons. The summed E-state index contributed by atoms with van der Waals surface area (Å²) in [6.07, 6.45) is 2.57. The van der Waals surface area contributed by atoms with Crippen LogP contribution in [-0.2, 0) is 9.53 Å². The summed E-state index contributed by atoms with van der Waals surface area (Å²) >= 11 is 0. The van der Waals surface area contributed by atoms with Crippen LogP contribution in [0.15, 0.2) is 0 Å². The van der Waals surface area contributed by atoms with Crippen molar-refractivity contribution >= 4 is 5.91 Å². The van der Waals surface area contributed by atoms with Crippen LogP contribution < -0.4 is 5.73 Å². The summed E-state index contributed by atoms with van der Waals surface area (Å²) < 4.78 is 5.34. The number of likely N-dealkylation sites (N-methyl/N-ethyl adjacent to an activating group) is 1. The van der Waals surface area contributed by atoms with Gasteiger partial charge in [-0.15, -0.1) is 0 Å². The van der Waals surface area contributed by atoms with Gasteiger partial charge in [-0.3, -0.25) is 4.79 Å². The van der Waals surface area contributed by atoms with Crippen LogP contribution in [0.1, 0.15) is 19.8 Å². The molecule has 2 heterocycles. The van der Waals surface area contributed by atoms with E-state index >= 15 is 0 Å². The average Bonchev–Trinajstić information content (AvgIpc) is 2.97. The Morgan fingerprint density at radius 1 is 1.50 bits per heavy atom. The summed E-state index contributed by atoms with van der Waals surface area (Å²) in [4.78, 5) is 16.7. The summed E-state index contributed by atoms with van der Waals surface area (Å²) in [6, 6.07) is -0.181. The van der Waals surface area contributed by atoms with Gasteiger partial charge in [0.1, 0.15) is 0 Å². The summed E-state index contributed by atoms with van der Waals surface area (Å²) in [6.45, 7) is 6.93. The van der Waals surface area contributed by atoms with Crippen molar-refractivity contribution in [3.05, 3.63) is 0 Å². The number of carbonyl (C=O) groups is 1. The summed E-state index contributed by atoms with van der Waals surface area (Å²) in [5.41, 5.74) is 5.45. The largest absolute Gasteiger partial charge is 0.379 e. The Balaban J connectivity index is 1.84. The maximum atomic E-state index is 12.4. The van der Waals surface area contributed by atoms with Gasteiger partial charge in [0.15, 0.2) is 0 Å². The van der Waals surface area contributed by atoms with Crippen LogP contribution in [0.2, 0.25) is 0 Å². The predicted octanol–water partition coefficient (Wildman–Crippen LogP) is -0.0956. The van der Waals surface area contributed by atoms with E-state index in [2.05, 4.69) is 4.90 Å². The standard InChI is InChI=1S/C13H25N3O2/c1-13(10-18-9-11(13)14)12(17)15(2)7-8-16-5-3-4-6-16/h11H,3-10,14H2,1-2H3. The van der Waals surface area contributed by atoms with Crippen molar-refractivity contribution < 1.29 is 9.53 Å². The van der Waals surface area contributed by atoms with Crippen molar-refractivity contribution in [3.63, 3.8) is 0 Å². The minimum Gasteiger partial charge on any atom is -0.379 e. The molecule has 0 spiro atoms. The Bertz CT molecular complexity index is 305. The lowest BCUT2D eigenvalue weighted by molar-refractivity contribution is -0.140. The van der Waals surface area contributed by atoms with E-state index in [1.807, 2.05) is 18.9 Å². The zero-order valence-electron chi connectivity index (χ0n) is 11.5. The van der Waals surface area contributed by atoms with E-state index in [0.29, 0.717) is 13.2 Å². The second kappa shape index (κ2) is 5.55. The van der Waals surface area contributed by atoms with Gasteiger partial charge >= 0.3 is 0 Å².